The second kappa shape index (κ2) is 8.65. The van der Waals surface area contributed by atoms with Crippen LogP contribution in [0.2, 0.25) is 0 Å². The van der Waals surface area contributed by atoms with Crippen molar-refractivity contribution in [3.8, 4) is 0 Å². The molecule has 0 heterocycles. The van der Waals surface area contributed by atoms with Crippen molar-refractivity contribution >= 4 is 18.5 Å². The number of hydrogen-bond donors (Lipinski definition) is 0. The molecule has 5 fully saturated rings. The summed E-state index contributed by atoms with van der Waals surface area (Å²) in [5.74, 6) is 2.24. The Morgan fingerprint density at radius 2 is 1.54 bits per heavy atom. The van der Waals surface area contributed by atoms with Gasteiger partial charge in [-0.1, -0.05) is 54.9 Å². The van der Waals surface area contributed by atoms with Gasteiger partial charge in [-0.05, 0) is 104 Å². The zero-order chi connectivity index (χ0) is 27.1. The van der Waals surface area contributed by atoms with Crippen LogP contribution in [0.4, 0.5) is 0 Å². The van der Waals surface area contributed by atoms with Crippen LogP contribution in [0.15, 0.2) is 0 Å². The Morgan fingerprint density at radius 3 is 2.22 bits per heavy atom. The molecule has 5 rings (SSSR count). The Balaban J connectivity index is 1.39. The maximum atomic E-state index is 12.8. The summed E-state index contributed by atoms with van der Waals surface area (Å²) in [6.45, 7) is 16.1. The SMILES string of the molecule is CC(C)(C=O)CC(=O)OC1CCC2(C)C(CCC3(C)C2CCC2C4CCCC4(C=O)CC[C@]23C)C1(C)C. The van der Waals surface area contributed by atoms with Crippen molar-refractivity contribution < 1.29 is 19.1 Å². The van der Waals surface area contributed by atoms with Gasteiger partial charge in [0.2, 0.25) is 0 Å². The van der Waals surface area contributed by atoms with Gasteiger partial charge in [-0.15, -0.1) is 0 Å². The highest BCUT2D eigenvalue weighted by Gasteiger charge is 2.70. The first-order valence-corrected chi connectivity index (χ1v) is 15.3. The van der Waals surface area contributed by atoms with E-state index in [4.69, 9.17) is 4.74 Å². The lowest BCUT2D eigenvalue weighted by atomic mass is 9.32. The molecule has 9 atom stereocenters. The Morgan fingerprint density at radius 1 is 0.811 bits per heavy atom. The van der Waals surface area contributed by atoms with E-state index >= 15 is 0 Å². The largest absolute Gasteiger partial charge is 0.462 e. The number of ether oxygens (including phenoxy) is 1. The van der Waals surface area contributed by atoms with Gasteiger partial charge in [0.25, 0.3) is 0 Å². The van der Waals surface area contributed by atoms with E-state index in [-0.39, 0.29) is 34.7 Å². The lowest BCUT2D eigenvalue weighted by Gasteiger charge is -2.72. The molecule has 0 aromatic heterocycles. The summed E-state index contributed by atoms with van der Waals surface area (Å²) in [5, 5.41) is 0. The van der Waals surface area contributed by atoms with Crippen LogP contribution in [0.3, 0.4) is 0 Å². The Labute approximate surface area is 225 Å². The number of aldehydes is 2. The molecule has 0 aromatic rings. The molecule has 37 heavy (non-hydrogen) atoms. The van der Waals surface area contributed by atoms with Gasteiger partial charge in [0.1, 0.15) is 18.7 Å². The average Bonchev–Trinajstić information content (AvgIpc) is 3.26. The summed E-state index contributed by atoms with van der Waals surface area (Å²) < 4.78 is 6.15. The molecule has 4 heteroatoms. The minimum Gasteiger partial charge on any atom is -0.462 e. The molecule has 0 spiro atoms. The Hall–Kier alpha value is -1.19. The van der Waals surface area contributed by atoms with Crippen LogP contribution in [0, 0.1) is 56.2 Å². The summed E-state index contributed by atoms with van der Waals surface area (Å²) in [4.78, 5) is 36.6. The van der Waals surface area contributed by atoms with Crippen LogP contribution in [0.1, 0.15) is 126 Å². The minimum absolute atomic E-state index is 0.0309. The summed E-state index contributed by atoms with van der Waals surface area (Å²) in [6.07, 6.45) is 15.2. The third-order valence-corrected chi connectivity index (χ3v) is 13.8. The molecular formula is C33H52O4. The molecule has 0 bridgehead atoms. The van der Waals surface area contributed by atoms with E-state index in [1.165, 1.54) is 51.2 Å². The second-order valence-electron chi connectivity index (χ2n) is 16.1. The number of esters is 1. The third kappa shape index (κ3) is 3.76. The summed E-state index contributed by atoms with van der Waals surface area (Å²) in [6, 6.07) is 0. The van der Waals surface area contributed by atoms with E-state index in [2.05, 4.69) is 34.6 Å². The van der Waals surface area contributed by atoms with Crippen LogP contribution >= 0.6 is 0 Å². The summed E-state index contributed by atoms with van der Waals surface area (Å²) >= 11 is 0. The van der Waals surface area contributed by atoms with Gasteiger partial charge >= 0.3 is 5.97 Å². The summed E-state index contributed by atoms with van der Waals surface area (Å²) in [5.41, 5.74) is 0.0520. The number of fused-ring (bicyclic) bond motifs is 7. The van der Waals surface area contributed by atoms with Crippen molar-refractivity contribution in [2.45, 2.75) is 132 Å². The molecule has 0 radical (unpaired) electrons. The molecule has 0 aromatic carbocycles. The predicted octanol–water partition coefficient (Wildman–Crippen LogP) is 7.57. The monoisotopic (exact) mass is 512 g/mol. The highest BCUT2D eigenvalue weighted by atomic mass is 16.5. The normalized spacial score (nSPS) is 48.6. The molecule has 8 unspecified atom stereocenters. The predicted molar refractivity (Wildman–Crippen MR) is 146 cm³/mol. The van der Waals surface area contributed by atoms with Gasteiger partial charge in [0.15, 0.2) is 0 Å². The van der Waals surface area contributed by atoms with Crippen LogP contribution in [0.5, 0.6) is 0 Å². The third-order valence-electron chi connectivity index (χ3n) is 13.8. The van der Waals surface area contributed by atoms with E-state index in [0.29, 0.717) is 34.5 Å². The van der Waals surface area contributed by atoms with Gasteiger partial charge in [0, 0.05) is 16.2 Å². The van der Waals surface area contributed by atoms with Crippen molar-refractivity contribution in [2.75, 3.05) is 0 Å². The van der Waals surface area contributed by atoms with Crippen LogP contribution in [-0.4, -0.2) is 24.6 Å². The van der Waals surface area contributed by atoms with Crippen LogP contribution in [-0.2, 0) is 19.1 Å². The smallest absolute Gasteiger partial charge is 0.307 e. The quantitative estimate of drug-likeness (QED) is 0.281. The van der Waals surface area contributed by atoms with Crippen molar-refractivity contribution in [3.05, 3.63) is 0 Å². The van der Waals surface area contributed by atoms with E-state index in [1.807, 2.05) is 0 Å². The molecule has 0 amide bonds. The van der Waals surface area contributed by atoms with E-state index in [0.717, 1.165) is 32.0 Å². The first-order chi connectivity index (χ1) is 17.2. The molecule has 208 valence electrons. The van der Waals surface area contributed by atoms with Crippen LogP contribution in [0.25, 0.3) is 0 Å². The fraction of sp³-hybridized carbons (Fsp3) is 0.909. The molecule has 5 aliphatic carbocycles. The van der Waals surface area contributed by atoms with Crippen molar-refractivity contribution in [1.82, 2.24) is 0 Å². The van der Waals surface area contributed by atoms with Gasteiger partial charge in [0.05, 0.1) is 6.42 Å². The fourth-order valence-corrected chi connectivity index (χ4v) is 11.6. The number of carbonyl (C=O) groups is 3. The van der Waals surface area contributed by atoms with E-state index in [9.17, 15) is 14.4 Å². The van der Waals surface area contributed by atoms with Gasteiger partial charge < -0.3 is 14.3 Å². The number of hydrogen-bond acceptors (Lipinski definition) is 4. The Bertz CT molecular complexity index is 952. The van der Waals surface area contributed by atoms with Crippen molar-refractivity contribution in [2.24, 2.45) is 56.2 Å². The molecule has 5 aliphatic rings. The molecule has 0 saturated heterocycles. The summed E-state index contributed by atoms with van der Waals surface area (Å²) in [7, 11) is 0. The molecule has 0 N–H and O–H groups in total. The van der Waals surface area contributed by atoms with Gasteiger partial charge in [-0.3, -0.25) is 4.79 Å². The second-order valence-corrected chi connectivity index (χ2v) is 16.1. The molecule has 5 saturated carbocycles. The maximum Gasteiger partial charge on any atom is 0.307 e. The maximum absolute atomic E-state index is 12.8. The lowest BCUT2D eigenvalue weighted by molar-refractivity contribution is -0.246. The van der Waals surface area contributed by atoms with Crippen molar-refractivity contribution in [1.29, 1.82) is 0 Å². The first-order valence-electron chi connectivity index (χ1n) is 15.3. The number of rotatable bonds is 5. The Kier molecular flexibility index (Phi) is 6.40. The van der Waals surface area contributed by atoms with Gasteiger partial charge in [-0.2, -0.15) is 0 Å². The lowest BCUT2D eigenvalue weighted by Crippen LogP contribution is -2.66. The number of carbonyl (C=O) groups excluding carboxylic acids is 3. The average molecular weight is 513 g/mol. The molecular weight excluding hydrogens is 460 g/mol. The van der Waals surface area contributed by atoms with E-state index in [1.54, 1.807) is 13.8 Å². The highest BCUT2D eigenvalue weighted by molar-refractivity contribution is 5.75. The molecule has 4 nitrogen and oxygen atoms in total. The fourth-order valence-electron chi connectivity index (χ4n) is 11.6. The van der Waals surface area contributed by atoms with E-state index < -0.39 is 5.41 Å². The topological polar surface area (TPSA) is 60.4 Å². The zero-order valence-corrected chi connectivity index (χ0v) is 24.7. The van der Waals surface area contributed by atoms with Crippen LogP contribution < -0.4 is 0 Å². The first kappa shape index (κ1) is 27.4. The molecule has 0 aliphatic heterocycles. The van der Waals surface area contributed by atoms with Crippen molar-refractivity contribution in [3.63, 3.8) is 0 Å². The van der Waals surface area contributed by atoms with Gasteiger partial charge in [-0.25, -0.2) is 0 Å². The standard InChI is InChI=1S/C33H52O4/c1-28(2,20-34)19-27(36)37-26-13-15-30(5)24(29(26,3)4)12-16-32(7)25(30)11-10-22-23-9-8-14-33(23,21-35)18-17-31(22,32)6/h20-26H,8-19H2,1-7H3/t22?,23?,24?,25?,26?,30?,31-,32?,33?/m1/s1. The minimum atomic E-state index is -0.675. The highest BCUT2D eigenvalue weighted by Crippen LogP contribution is 2.76. The zero-order valence-electron chi connectivity index (χ0n) is 24.7.